The molecule has 0 aromatic carbocycles. The molecule has 0 rings (SSSR count). The van der Waals surface area contributed by atoms with E-state index < -0.39 is 0 Å². The summed E-state index contributed by atoms with van der Waals surface area (Å²) in [4.78, 5) is 37.7. The third-order valence-electron chi connectivity index (χ3n) is 6.70. The fraction of sp³-hybridized carbons (Fsp3) is 0.900. The van der Waals surface area contributed by atoms with Crippen molar-refractivity contribution in [3.05, 3.63) is 0 Å². The van der Waals surface area contributed by atoms with Gasteiger partial charge >= 0.3 is 0 Å². The predicted octanol–water partition coefficient (Wildman–Crippen LogP) is 6.56. The van der Waals surface area contributed by atoms with Crippen LogP contribution >= 0.6 is 0 Å². The molecule has 0 saturated carbocycles. The standard InChI is InChI=1S/C30H59N3O3/c1-4-5-6-7-8-9-10-11-12-13-14-15-16-17-18-22-29(35)31-25-19-21-28(34)23-24-30(36)32-26-20-27-33(2)3/h4-27H2,1-3H3,(H,31,35)(H,32,36). The van der Waals surface area contributed by atoms with Crippen molar-refractivity contribution < 1.29 is 14.4 Å². The van der Waals surface area contributed by atoms with Crippen LogP contribution in [0.2, 0.25) is 0 Å². The van der Waals surface area contributed by atoms with Gasteiger partial charge in [0.1, 0.15) is 5.78 Å². The van der Waals surface area contributed by atoms with E-state index in [1.165, 1.54) is 83.5 Å². The van der Waals surface area contributed by atoms with Gasteiger partial charge in [-0.05, 0) is 39.9 Å². The summed E-state index contributed by atoms with van der Waals surface area (Å²) in [5.41, 5.74) is 0. The summed E-state index contributed by atoms with van der Waals surface area (Å²) >= 11 is 0. The second kappa shape index (κ2) is 26.6. The number of carbonyl (C=O) groups excluding carboxylic acids is 3. The van der Waals surface area contributed by atoms with Gasteiger partial charge in [-0.3, -0.25) is 14.4 Å². The highest BCUT2D eigenvalue weighted by atomic mass is 16.2. The Morgan fingerprint density at radius 1 is 0.500 bits per heavy atom. The van der Waals surface area contributed by atoms with Crippen LogP contribution in [0, 0.1) is 0 Å². The number of nitrogens with one attached hydrogen (secondary N) is 2. The van der Waals surface area contributed by atoms with Crippen LogP contribution in [-0.4, -0.2) is 56.2 Å². The number of hydrogen-bond donors (Lipinski definition) is 2. The second-order valence-corrected chi connectivity index (χ2v) is 10.7. The summed E-state index contributed by atoms with van der Waals surface area (Å²) in [6.45, 7) is 4.40. The van der Waals surface area contributed by atoms with Gasteiger partial charge in [0.05, 0.1) is 0 Å². The highest BCUT2D eigenvalue weighted by Crippen LogP contribution is 2.13. The first-order chi connectivity index (χ1) is 17.5. The van der Waals surface area contributed by atoms with Crippen molar-refractivity contribution >= 4 is 17.6 Å². The Balaban J connectivity index is 3.37. The van der Waals surface area contributed by atoms with Gasteiger partial charge in [-0.1, -0.05) is 96.8 Å². The van der Waals surface area contributed by atoms with Crippen molar-refractivity contribution in [2.24, 2.45) is 0 Å². The quantitative estimate of drug-likeness (QED) is 0.123. The summed E-state index contributed by atoms with van der Waals surface area (Å²) in [6, 6.07) is 0. The van der Waals surface area contributed by atoms with Gasteiger partial charge in [0, 0.05) is 38.8 Å². The lowest BCUT2D eigenvalue weighted by molar-refractivity contribution is -0.125. The molecule has 2 N–H and O–H groups in total. The Morgan fingerprint density at radius 3 is 1.44 bits per heavy atom. The van der Waals surface area contributed by atoms with Crippen LogP contribution in [0.4, 0.5) is 0 Å². The molecule has 212 valence electrons. The Bertz CT molecular complexity index is 538. The third-order valence-corrected chi connectivity index (χ3v) is 6.70. The van der Waals surface area contributed by atoms with Crippen LogP contribution in [0.5, 0.6) is 0 Å². The van der Waals surface area contributed by atoms with Gasteiger partial charge in [0.15, 0.2) is 0 Å². The van der Waals surface area contributed by atoms with Crippen molar-refractivity contribution in [1.29, 1.82) is 0 Å². The van der Waals surface area contributed by atoms with E-state index in [4.69, 9.17) is 0 Å². The van der Waals surface area contributed by atoms with Crippen molar-refractivity contribution in [3.8, 4) is 0 Å². The molecule has 0 aromatic heterocycles. The molecule has 0 fully saturated rings. The maximum Gasteiger partial charge on any atom is 0.220 e. The monoisotopic (exact) mass is 509 g/mol. The van der Waals surface area contributed by atoms with E-state index >= 15 is 0 Å². The minimum atomic E-state index is -0.0566. The van der Waals surface area contributed by atoms with Gasteiger partial charge in [-0.25, -0.2) is 0 Å². The summed E-state index contributed by atoms with van der Waals surface area (Å²) in [7, 11) is 4.01. The average molecular weight is 510 g/mol. The van der Waals surface area contributed by atoms with Gasteiger partial charge in [-0.15, -0.1) is 0 Å². The highest BCUT2D eigenvalue weighted by molar-refractivity contribution is 5.84. The molecule has 0 spiro atoms. The fourth-order valence-corrected chi connectivity index (χ4v) is 4.35. The third kappa shape index (κ3) is 27.2. The predicted molar refractivity (Wildman–Crippen MR) is 152 cm³/mol. The molecule has 0 saturated heterocycles. The molecule has 0 unspecified atom stereocenters. The molecule has 0 aliphatic heterocycles. The lowest BCUT2D eigenvalue weighted by Gasteiger charge is -2.09. The molecule has 0 radical (unpaired) electrons. The Hall–Kier alpha value is -1.43. The molecular formula is C30H59N3O3. The van der Waals surface area contributed by atoms with Crippen molar-refractivity contribution in [1.82, 2.24) is 15.5 Å². The van der Waals surface area contributed by atoms with Gasteiger partial charge in [0.2, 0.25) is 11.8 Å². The van der Waals surface area contributed by atoms with Crippen molar-refractivity contribution in [2.45, 2.75) is 142 Å². The van der Waals surface area contributed by atoms with E-state index in [-0.39, 0.29) is 30.4 Å². The molecule has 36 heavy (non-hydrogen) atoms. The van der Waals surface area contributed by atoms with E-state index in [0.29, 0.717) is 32.4 Å². The highest BCUT2D eigenvalue weighted by Gasteiger charge is 2.07. The number of carbonyl (C=O) groups is 3. The molecule has 0 aromatic rings. The number of nitrogens with zero attached hydrogens (tertiary/aromatic N) is 1. The SMILES string of the molecule is CCCCCCCCCCCCCCCCCC(=O)NCCCC(=O)CCC(=O)NCCCN(C)C. The zero-order chi connectivity index (χ0) is 26.7. The number of rotatable bonds is 27. The van der Waals surface area contributed by atoms with E-state index in [0.717, 1.165) is 25.8 Å². The minimum absolute atomic E-state index is 0.0566. The second-order valence-electron chi connectivity index (χ2n) is 10.7. The zero-order valence-electron chi connectivity index (χ0n) is 24.1. The molecule has 0 aliphatic carbocycles. The van der Waals surface area contributed by atoms with E-state index in [2.05, 4.69) is 22.5 Å². The van der Waals surface area contributed by atoms with Crippen LogP contribution in [-0.2, 0) is 14.4 Å². The Labute approximate surface area is 223 Å². The van der Waals surface area contributed by atoms with E-state index in [1.54, 1.807) is 0 Å². The largest absolute Gasteiger partial charge is 0.356 e. The number of unbranched alkanes of at least 4 members (excludes halogenated alkanes) is 14. The Morgan fingerprint density at radius 2 is 0.944 bits per heavy atom. The van der Waals surface area contributed by atoms with Gasteiger partial charge in [-0.2, -0.15) is 0 Å². The average Bonchev–Trinajstić information content (AvgIpc) is 2.85. The van der Waals surface area contributed by atoms with Crippen molar-refractivity contribution in [3.63, 3.8) is 0 Å². The van der Waals surface area contributed by atoms with Gasteiger partial charge < -0.3 is 15.5 Å². The van der Waals surface area contributed by atoms with Crippen molar-refractivity contribution in [2.75, 3.05) is 33.7 Å². The van der Waals surface area contributed by atoms with Gasteiger partial charge in [0.25, 0.3) is 0 Å². The first kappa shape index (κ1) is 34.6. The molecule has 0 aliphatic rings. The summed E-state index contributed by atoms with van der Waals surface area (Å²) in [5.74, 6) is 0.128. The lowest BCUT2D eigenvalue weighted by Crippen LogP contribution is -2.27. The lowest BCUT2D eigenvalue weighted by atomic mass is 10.0. The van der Waals surface area contributed by atoms with Crippen LogP contribution in [0.25, 0.3) is 0 Å². The smallest absolute Gasteiger partial charge is 0.220 e. The minimum Gasteiger partial charge on any atom is -0.356 e. The van der Waals surface area contributed by atoms with Crippen LogP contribution in [0.15, 0.2) is 0 Å². The maximum absolute atomic E-state index is 12.0. The first-order valence-electron chi connectivity index (χ1n) is 15.2. The Kier molecular flexibility index (Phi) is 25.6. The molecule has 2 amide bonds. The first-order valence-corrected chi connectivity index (χ1v) is 15.2. The number of Topliss-reactive ketones (excluding diaryl/α,β-unsaturated/α-hetero) is 1. The summed E-state index contributed by atoms with van der Waals surface area (Å²) in [6.07, 6.45) is 23.0. The molecule has 0 bridgehead atoms. The molecule has 0 atom stereocenters. The normalized spacial score (nSPS) is 11.1. The van der Waals surface area contributed by atoms with E-state index in [1.807, 2.05) is 14.1 Å². The number of ketones is 1. The fourth-order valence-electron chi connectivity index (χ4n) is 4.35. The zero-order valence-corrected chi connectivity index (χ0v) is 24.1. The molecule has 6 heteroatoms. The number of amides is 2. The maximum atomic E-state index is 12.0. The van der Waals surface area contributed by atoms with Crippen LogP contribution in [0.3, 0.4) is 0 Å². The molecular weight excluding hydrogens is 450 g/mol. The topological polar surface area (TPSA) is 78.5 Å². The van der Waals surface area contributed by atoms with E-state index in [9.17, 15) is 14.4 Å². The van der Waals surface area contributed by atoms with Crippen LogP contribution in [0.1, 0.15) is 142 Å². The summed E-state index contributed by atoms with van der Waals surface area (Å²) in [5, 5.41) is 5.78. The van der Waals surface area contributed by atoms with Crippen LogP contribution < -0.4 is 10.6 Å². The summed E-state index contributed by atoms with van der Waals surface area (Å²) < 4.78 is 0. The number of hydrogen-bond acceptors (Lipinski definition) is 4. The molecule has 6 nitrogen and oxygen atoms in total. The molecule has 0 heterocycles.